The molecule has 0 fully saturated rings. The molecule has 0 saturated carbocycles. The molecular weight excluding hydrogens is 290 g/mol. The van der Waals surface area contributed by atoms with Crippen LogP contribution in [-0.4, -0.2) is 19.2 Å². The molecule has 0 heterocycles. The zero-order chi connectivity index (χ0) is 13.5. The second-order valence-corrected chi connectivity index (χ2v) is 5.89. The fraction of sp³-hybridized carbons (Fsp3) is 0.600. The summed E-state index contributed by atoms with van der Waals surface area (Å²) in [5, 5.41) is 3.38. The number of rotatable bonds is 7. The van der Waals surface area contributed by atoms with E-state index in [1.165, 1.54) is 5.56 Å². The second-order valence-electron chi connectivity index (χ2n) is 4.97. The van der Waals surface area contributed by atoms with Crippen LogP contribution in [0.25, 0.3) is 0 Å². The van der Waals surface area contributed by atoms with Crippen molar-refractivity contribution < 1.29 is 4.74 Å². The number of nitrogens with one attached hydrogen (secondary N) is 1. The van der Waals surface area contributed by atoms with E-state index in [4.69, 9.17) is 4.74 Å². The molecule has 1 aromatic carbocycles. The van der Waals surface area contributed by atoms with E-state index in [1.807, 2.05) is 6.07 Å². The molecule has 0 aromatic heterocycles. The molecule has 1 atom stereocenters. The molecule has 0 aliphatic rings. The summed E-state index contributed by atoms with van der Waals surface area (Å²) in [6.07, 6.45) is 1.35. The average Bonchev–Trinajstić information content (AvgIpc) is 2.31. The third-order valence-electron chi connectivity index (χ3n) is 2.78. The van der Waals surface area contributed by atoms with Crippen molar-refractivity contribution in [3.63, 3.8) is 0 Å². The Balaban J connectivity index is 2.65. The first kappa shape index (κ1) is 15.5. The summed E-state index contributed by atoms with van der Waals surface area (Å²) in [5.41, 5.74) is 1.26. The lowest BCUT2D eigenvalue weighted by Crippen LogP contribution is -2.29. The van der Waals surface area contributed by atoms with Crippen molar-refractivity contribution in [1.29, 1.82) is 0 Å². The van der Waals surface area contributed by atoms with Gasteiger partial charge in [-0.1, -0.05) is 36.7 Å². The van der Waals surface area contributed by atoms with E-state index in [1.54, 1.807) is 0 Å². The van der Waals surface area contributed by atoms with Crippen molar-refractivity contribution in [1.82, 2.24) is 5.32 Å². The number of hydrogen-bond donors (Lipinski definition) is 1. The van der Waals surface area contributed by atoms with Crippen molar-refractivity contribution in [2.24, 2.45) is 0 Å². The normalized spacial score (nSPS) is 12.8. The molecule has 3 heteroatoms. The van der Waals surface area contributed by atoms with E-state index in [9.17, 15) is 0 Å². The van der Waals surface area contributed by atoms with Crippen LogP contribution in [0.4, 0.5) is 0 Å². The fourth-order valence-corrected chi connectivity index (χ4v) is 2.20. The number of ether oxygens (including phenoxy) is 1. The van der Waals surface area contributed by atoms with Crippen molar-refractivity contribution >= 4 is 15.9 Å². The van der Waals surface area contributed by atoms with Gasteiger partial charge in [0.05, 0.1) is 0 Å². The van der Waals surface area contributed by atoms with Crippen molar-refractivity contribution in [2.75, 3.05) is 13.1 Å². The third kappa shape index (κ3) is 4.99. The highest BCUT2D eigenvalue weighted by atomic mass is 79.9. The summed E-state index contributed by atoms with van der Waals surface area (Å²) >= 11 is 3.51. The van der Waals surface area contributed by atoms with E-state index >= 15 is 0 Å². The Bertz CT molecular complexity index is 366. The summed E-state index contributed by atoms with van der Waals surface area (Å²) in [6.45, 7) is 10.6. The lowest BCUT2D eigenvalue weighted by Gasteiger charge is -2.19. The van der Waals surface area contributed by atoms with Crippen LogP contribution in [-0.2, 0) is 0 Å². The van der Waals surface area contributed by atoms with Gasteiger partial charge >= 0.3 is 0 Å². The Morgan fingerprint density at radius 3 is 2.61 bits per heavy atom. The summed E-state index contributed by atoms with van der Waals surface area (Å²) in [5.74, 6) is 1.47. The summed E-state index contributed by atoms with van der Waals surface area (Å²) in [7, 11) is 0. The summed E-state index contributed by atoms with van der Waals surface area (Å²) in [4.78, 5) is 0. The highest BCUT2D eigenvalue weighted by molar-refractivity contribution is 9.10. The Morgan fingerprint density at radius 2 is 2.00 bits per heavy atom. The molecule has 102 valence electrons. The minimum Gasteiger partial charge on any atom is -0.489 e. The van der Waals surface area contributed by atoms with Crippen LogP contribution < -0.4 is 10.1 Å². The predicted molar refractivity (Wildman–Crippen MR) is 81.5 cm³/mol. The molecule has 0 aliphatic carbocycles. The molecule has 2 nitrogen and oxygen atoms in total. The lowest BCUT2D eigenvalue weighted by atomic mass is 10.0. The van der Waals surface area contributed by atoms with Crippen LogP contribution in [0.5, 0.6) is 5.75 Å². The van der Waals surface area contributed by atoms with Gasteiger partial charge < -0.3 is 10.1 Å². The molecule has 0 amide bonds. The predicted octanol–water partition coefficient (Wildman–Crippen LogP) is 4.34. The maximum atomic E-state index is 6.03. The Labute approximate surface area is 119 Å². The first-order chi connectivity index (χ1) is 8.54. The van der Waals surface area contributed by atoms with Gasteiger partial charge in [0.25, 0.3) is 0 Å². The smallest absolute Gasteiger partial charge is 0.123 e. The molecule has 1 aromatic rings. The van der Waals surface area contributed by atoms with Gasteiger partial charge in [-0.2, -0.15) is 0 Å². The summed E-state index contributed by atoms with van der Waals surface area (Å²) in [6, 6.07) is 6.23. The van der Waals surface area contributed by atoms with Crippen LogP contribution in [0, 0.1) is 0 Å². The fourth-order valence-electron chi connectivity index (χ4n) is 1.82. The van der Waals surface area contributed by atoms with Crippen molar-refractivity contribution in [3.05, 3.63) is 28.2 Å². The van der Waals surface area contributed by atoms with E-state index in [2.05, 4.69) is 61.1 Å². The zero-order valence-electron chi connectivity index (χ0n) is 11.8. The van der Waals surface area contributed by atoms with Crippen LogP contribution in [0.2, 0.25) is 0 Å². The Morgan fingerprint density at radius 1 is 1.28 bits per heavy atom. The molecule has 0 bridgehead atoms. The molecule has 0 radical (unpaired) electrons. The van der Waals surface area contributed by atoms with E-state index in [0.29, 0.717) is 5.92 Å². The molecule has 1 rings (SSSR count). The van der Waals surface area contributed by atoms with Gasteiger partial charge in [-0.05, 0) is 49.6 Å². The number of hydrogen-bond acceptors (Lipinski definition) is 2. The van der Waals surface area contributed by atoms with Gasteiger partial charge in [-0.25, -0.2) is 0 Å². The Hall–Kier alpha value is -0.540. The van der Waals surface area contributed by atoms with Gasteiger partial charge in [0.1, 0.15) is 11.9 Å². The second kappa shape index (κ2) is 7.80. The minimum atomic E-state index is 0.190. The topological polar surface area (TPSA) is 21.3 Å². The minimum absolute atomic E-state index is 0.190. The monoisotopic (exact) mass is 313 g/mol. The molecule has 0 saturated heterocycles. The zero-order valence-corrected chi connectivity index (χ0v) is 13.4. The van der Waals surface area contributed by atoms with Gasteiger partial charge in [0.15, 0.2) is 0 Å². The van der Waals surface area contributed by atoms with Gasteiger partial charge in [0.2, 0.25) is 0 Å². The maximum absolute atomic E-state index is 6.03. The van der Waals surface area contributed by atoms with Gasteiger partial charge in [0, 0.05) is 11.0 Å². The Kier molecular flexibility index (Phi) is 6.72. The van der Waals surface area contributed by atoms with Crippen molar-refractivity contribution in [3.8, 4) is 5.75 Å². The highest BCUT2D eigenvalue weighted by Gasteiger charge is 2.11. The van der Waals surface area contributed by atoms with Crippen LogP contribution in [0.1, 0.15) is 45.6 Å². The van der Waals surface area contributed by atoms with E-state index in [-0.39, 0.29) is 6.10 Å². The number of benzene rings is 1. The standard InChI is InChI=1S/C15H24BrNO/c1-5-8-17-10-12(4)18-15-7-6-13(16)9-14(15)11(2)3/h6-7,9,11-12,17H,5,8,10H2,1-4H3. The SMILES string of the molecule is CCCNCC(C)Oc1ccc(Br)cc1C(C)C. The van der Waals surface area contributed by atoms with E-state index in [0.717, 1.165) is 29.7 Å². The average molecular weight is 314 g/mol. The first-order valence-corrected chi connectivity index (χ1v) is 7.50. The summed E-state index contributed by atoms with van der Waals surface area (Å²) < 4.78 is 7.13. The van der Waals surface area contributed by atoms with Gasteiger partial charge in [-0.3, -0.25) is 0 Å². The molecule has 0 aliphatic heterocycles. The van der Waals surface area contributed by atoms with E-state index < -0.39 is 0 Å². The quantitative estimate of drug-likeness (QED) is 0.756. The van der Waals surface area contributed by atoms with Crippen LogP contribution in [0.15, 0.2) is 22.7 Å². The van der Waals surface area contributed by atoms with Gasteiger partial charge in [-0.15, -0.1) is 0 Å². The largest absolute Gasteiger partial charge is 0.489 e. The molecular formula is C15H24BrNO. The third-order valence-corrected chi connectivity index (χ3v) is 3.27. The van der Waals surface area contributed by atoms with Crippen LogP contribution >= 0.6 is 15.9 Å². The molecule has 0 spiro atoms. The van der Waals surface area contributed by atoms with Crippen LogP contribution in [0.3, 0.4) is 0 Å². The molecule has 1 unspecified atom stereocenters. The molecule has 18 heavy (non-hydrogen) atoms. The highest BCUT2D eigenvalue weighted by Crippen LogP contribution is 2.30. The molecule has 1 N–H and O–H groups in total. The van der Waals surface area contributed by atoms with Crippen molar-refractivity contribution in [2.45, 2.75) is 46.1 Å². The lowest BCUT2D eigenvalue weighted by molar-refractivity contribution is 0.215. The number of halogens is 1. The first-order valence-electron chi connectivity index (χ1n) is 6.71. The maximum Gasteiger partial charge on any atom is 0.123 e.